The first-order valence-electron chi connectivity index (χ1n) is 9.76. The number of methoxy groups -OCH3 is 2. The molecule has 7 nitrogen and oxygen atoms in total. The van der Waals surface area contributed by atoms with E-state index >= 15 is 0 Å². The van der Waals surface area contributed by atoms with E-state index in [4.69, 9.17) is 18.8 Å². The van der Waals surface area contributed by atoms with Crippen molar-refractivity contribution in [3.05, 3.63) is 42.1 Å². The third-order valence-electron chi connectivity index (χ3n) is 6.05. The van der Waals surface area contributed by atoms with Gasteiger partial charge in [0.25, 0.3) is 0 Å². The fourth-order valence-electron chi connectivity index (χ4n) is 3.62. The van der Waals surface area contributed by atoms with Gasteiger partial charge in [-0.2, -0.15) is 5.10 Å². The minimum absolute atomic E-state index is 0.359. The minimum atomic E-state index is -0.488. The van der Waals surface area contributed by atoms with Crippen molar-refractivity contribution in [1.29, 1.82) is 0 Å². The van der Waals surface area contributed by atoms with Gasteiger partial charge in [-0.25, -0.2) is 4.68 Å². The first-order chi connectivity index (χ1) is 14.2. The van der Waals surface area contributed by atoms with E-state index in [-0.39, 0.29) is 0 Å². The van der Waals surface area contributed by atoms with Gasteiger partial charge in [-0.05, 0) is 39.2 Å². The highest BCUT2D eigenvalue weighted by molar-refractivity contribution is 6.65. The van der Waals surface area contributed by atoms with Gasteiger partial charge in [0.05, 0.1) is 48.4 Å². The summed E-state index contributed by atoms with van der Waals surface area (Å²) in [6.45, 7) is 8.13. The number of hydrogen-bond donors (Lipinski definition) is 0. The van der Waals surface area contributed by atoms with Crippen LogP contribution in [0.3, 0.4) is 0 Å². The molecular weight excluding hydrogens is 383 g/mol. The lowest BCUT2D eigenvalue weighted by atomic mass is 9.77. The lowest BCUT2D eigenvalue weighted by Crippen LogP contribution is -2.41. The molecule has 0 N–H and O–H groups in total. The van der Waals surface area contributed by atoms with Crippen LogP contribution in [0, 0.1) is 0 Å². The second kappa shape index (κ2) is 7.14. The molecule has 1 saturated heterocycles. The van der Waals surface area contributed by atoms with Crippen LogP contribution in [0.5, 0.6) is 11.5 Å². The molecule has 1 aliphatic heterocycles. The average Bonchev–Trinajstić information content (AvgIpc) is 3.24. The first kappa shape index (κ1) is 20.4. The number of aldehydes is 1. The second-order valence-corrected chi connectivity index (χ2v) is 8.31. The van der Waals surface area contributed by atoms with Crippen LogP contribution in [0.2, 0.25) is 0 Å². The molecule has 0 aliphatic carbocycles. The smallest absolute Gasteiger partial charge is 0.495 e. The summed E-state index contributed by atoms with van der Waals surface area (Å²) in [5.41, 5.74) is 2.02. The Morgan fingerprint density at radius 1 is 1.03 bits per heavy atom. The van der Waals surface area contributed by atoms with Gasteiger partial charge in [-0.15, -0.1) is 0 Å². The summed E-state index contributed by atoms with van der Waals surface area (Å²) in [5.74, 6) is 0.843. The van der Waals surface area contributed by atoms with Crippen molar-refractivity contribution in [2.45, 2.75) is 38.9 Å². The summed E-state index contributed by atoms with van der Waals surface area (Å²) in [7, 11) is 2.55. The Balaban J connectivity index is 1.83. The number of carbonyl (C=O) groups excluding carboxylic acids is 1. The summed E-state index contributed by atoms with van der Waals surface area (Å²) >= 11 is 0. The molecule has 30 heavy (non-hydrogen) atoms. The van der Waals surface area contributed by atoms with Crippen LogP contribution in [-0.4, -0.2) is 48.6 Å². The minimum Gasteiger partial charge on any atom is -0.496 e. The number of aromatic nitrogens is 2. The summed E-state index contributed by atoms with van der Waals surface area (Å²) in [6.07, 6.45) is 2.52. The van der Waals surface area contributed by atoms with E-state index in [9.17, 15) is 4.79 Å². The highest BCUT2D eigenvalue weighted by Gasteiger charge is 2.52. The SMILES string of the molecule is COc1cc(-n2ncc3c(B4OC(C)(C)C(C)(C)O4)cccc32)cc(OC)c1C=O. The normalized spacial score (nSPS) is 17.3. The van der Waals surface area contributed by atoms with Gasteiger partial charge in [0.1, 0.15) is 11.5 Å². The standard InChI is InChI=1S/C22H25BN2O5/c1-21(2)22(3,4)30-23(29-21)17-8-7-9-18-15(17)12-24-25(18)14-10-19(27-5)16(13-26)20(11-14)28-6/h7-13H,1-6H3. The van der Waals surface area contributed by atoms with Crippen LogP contribution in [0.1, 0.15) is 38.1 Å². The molecule has 1 aromatic heterocycles. The third-order valence-corrected chi connectivity index (χ3v) is 6.05. The van der Waals surface area contributed by atoms with Crippen LogP contribution < -0.4 is 14.9 Å². The van der Waals surface area contributed by atoms with Crippen LogP contribution in [0.25, 0.3) is 16.6 Å². The van der Waals surface area contributed by atoms with Crippen LogP contribution in [0.4, 0.5) is 0 Å². The summed E-state index contributed by atoms with van der Waals surface area (Å²) in [4.78, 5) is 11.5. The third kappa shape index (κ3) is 3.07. The van der Waals surface area contributed by atoms with Gasteiger partial charge >= 0.3 is 7.12 Å². The Labute approximate surface area is 176 Å². The molecule has 4 rings (SSSR count). The molecule has 2 heterocycles. The highest BCUT2D eigenvalue weighted by atomic mass is 16.7. The van der Waals surface area contributed by atoms with E-state index in [1.165, 1.54) is 14.2 Å². The van der Waals surface area contributed by atoms with Crippen LogP contribution >= 0.6 is 0 Å². The maximum atomic E-state index is 11.5. The van der Waals surface area contributed by atoms with Gasteiger partial charge in [0.15, 0.2) is 6.29 Å². The van der Waals surface area contributed by atoms with E-state index in [0.717, 1.165) is 28.3 Å². The van der Waals surface area contributed by atoms with Gasteiger partial charge in [-0.3, -0.25) is 4.79 Å². The highest BCUT2D eigenvalue weighted by Crippen LogP contribution is 2.37. The number of benzene rings is 2. The quantitative estimate of drug-likeness (QED) is 0.477. The molecule has 0 atom stereocenters. The van der Waals surface area contributed by atoms with E-state index in [0.29, 0.717) is 17.1 Å². The molecule has 1 fully saturated rings. The molecule has 1 aliphatic rings. The maximum absolute atomic E-state index is 11.5. The van der Waals surface area contributed by atoms with Crippen molar-refractivity contribution in [1.82, 2.24) is 9.78 Å². The van der Waals surface area contributed by atoms with Gasteiger partial charge < -0.3 is 18.8 Å². The van der Waals surface area contributed by atoms with E-state index in [1.807, 2.05) is 45.9 Å². The number of ether oxygens (including phenoxy) is 2. The first-order valence-corrected chi connectivity index (χ1v) is 9.76. The van der Waals surface area contributed by atoms with Crippen molar-refractivity contribution in [3.8, 4) is 17.2 Å². The molecule has 0 unspecified atom stereocenters. The number of fused-ring (bicyclic) bond motifs is 1. The Bertz CT molecular complexity index is 1080. The van der Waals surface area contributed by atoms with Gasteiger partial charge in [0.2, 0.25) is 0 Å². The zero-order chi connectivity index (χ0) is 21.7. The van der Waals surface area contributed by atoms with Crippen molar-refractivity contribution in [3.63, 3.8) is 0 Å². The molecule has 156 valence electrons. The van der Waals surface area contributed by atoms with Crippen LogP contribution in [0.15, 0.2) is 36.5 Å². The zero-order valence-corrected chi connectivity index (χ0v) is 18.1. The molecule has 0 spiro atoms. The van der Waals surface area contributed by atoms with Crippen LogP contribution in [-0.2, 0) is 9.31 Å². The molecule has 8 heteroatoms. The number of nitrogens with zero attached hydrogens (tertiary/aromatic N) is 2. The summed E-state index contributed by atoms with van der Waals surface area (Å²) < 4.78 is 25.0. The fourth-order valence-corrected chi connectivity index (χ4v) is 3.62. The van der Waals surface area contributed by atoms with Gasteiger partial charge in [0, 0.05) is 17.5 Å². The number of carbonyl (C=O) groups is 1. The average molecular weight is 408 g/mol. The number of hydrogen-bond acceptors (Lipinski definition) is 6. The molecule has 2 aromatic carbocycles. The Morgan fingerprint density at radius 3 is 2.17 bits per heavy atom. The Kier molecular flexibility index (Phi) is 4.87. The largest absolute Gasteiger partial charge is 0.496 e. The van der Waals surface area contributed by atoms with E-state index in [1.54, 1.807) is 23.0 Å². The molecule has 0 amide bonds. The molecule has 0 radical (unpaired) electrons. The monoisotopic (exact) mass is 408 g/mol. The van der Waals surface area contributed by atoms with Crippen molar-refractivity contribution >= 4 is 29.8 Å². The predicted octanol–water partition coefficient (Wildman–Crippen LogP) is 3.15. The molecular formula is C22H25BN2O5. The molecule has 0 bridgehead atoms. The molecule has 3 aromatic rings. The summed E-state index contributed by atoms with van der Waals surface area (Å²) in [6, 6.07) is 9.45. The Hall–Kier alpha value is -2.84. The lowest BCUT2D eigenvalue weighted by Gasteiger charge is -2.32. The van der Waals surface area contributed by atoms with Crippen molar-refractivity contribution in [2.24, 2.45) is 0 Å². The lowest BCUT2D eigenvalue weighted by molar-refractivity contribution is 0.00578. The maximum Gasteiger partial charge on any atom is 0.495 e. The topological polar surface area (TPSA) is 71.8 Å². The Morgan fingerprint density at radius 2 is 1.63 bits per heavy atom. The summed E-state index contributed by atoms with van der Waals surface area (Å²) in [5, 5.41) is 5.51. The predicted molar refractivity (Wildman–Crippen MR) is 115 cm³/mol. The van der Waals surface area contributed by atoms with Crippen molar-refractivity contribution in [2.75, 3.05) is 14.2 Å². The fraction of sp³-hybridized carbons (Fsp3) is 0.364. The second-order valence-electron chi connectivity index (χ2n) is 8.31. The number of rotatable bonds is 5. The van der Waals surface area contributed by atoms with Gasteiger partial charge in [-0.1, -0.05) is 12.1 Å². The van der Waals surface area contributed by atoms with E-state index in [2.05, 4.69) is 5.10 Å². The zero-order valence-electron chi connectivity index (χ0n) is 18.1. The van der Waals surface area contributed by atoms with Crippen molar-refractivity contribution < 1.29 is 23.6 Å². The van der Waals surface area contributed by atoms with E-state index < -0.39 is 18.3 Å². The molecule has 0 saturated carbocycles.